The third kappa shape index (κ3) is 3.49. The van der Waals surface area contributed by atoms with Crippen molar-refractivity contribution in [1.82, 2.24) is 9.47 Å². The standard InChI is InChI=1S/C14H18N2O4/c1-15(4-5-17)8-11-7-13(18)14(19)10-16(11)9-12-3-2-6-20-12/h2-3,6-7,10,17,19H,4-5,8-9H2,1H3. The second-order valence-electron chi connectivity index (χ2n) is 4.68. The first-order valence-corrected chi connectivity index (χ1v) is 6.34. The van der Waals surface area contributed by atoms with E-state index in [1.807, 2.05) is 18.0 Å². The van der Waals surface area contributed by atoms with Gasteiger partial charge in [0.15, 0.2) is 5.75 Å². The highest BCUT2D eigenvalue weighted by atomic mass is 16.3. The fourth-order valence-corrected chi connectivity index (χ4v) is 1.98. The van der Waals surface area contributed by atoms with Crippen LogP contribution in [-0.4, -0.2) is 39.9 Å². The maximum Gasteiger partial charge on any atom is 0.223 e. The van der Waals surface area contributed by atoms with E-state index < -0.39 is 5.43 Å². The molecular formula is C14H18N2O4. The molecule has 0 saturated heterocycles. The maximum absolute atomic E-state index is 11.6. The number of rotatable bonds is 6. The first kappa shape index (κ1) is 14.4. The molecule has 0 bridgehead atoms. The lowest BCUT2D eigenvalue weighted by molar-refractivity contribution is 0.214. The van der Waals surface area contributed by atoms with E-state index in [9.17, 15) is 9.90 Å². The SMILES string of the molecule is CN(CCO)Cc1cc(=O)c(O)cn1Cc1ccco1. The molecule has 6 nitrogen and oxygen atoms in total. The highest BCUT2D eigenvalue weighted by molar-refractivity contribution is 5.21. The Labute approximate surface area is 116 Å². The van der Waals surface area contributed by atoms with Gasteiger partial charge in [-0.2, -0.15) is 0 Å². The molecule has 0 aliphatic carbocycles. The minimum Gasteiger partial charge on any atom is -0.503 e. The van der Waals surface area contributed by atoms with E-state index in [-0.39, 0.29) is 12.4 Å². The molecule has 0 amide bonds. The average Bonchev–Trinajstić information content (AvgIpc) is 2.88. The van der Waals surface area contributed by atoms with Gasteiger partial charge in [-0.3, -0.25) is 9.69 Å². The zero-order valence-corrected chi connectivity index (χ0v) is 11.3. The number of hydrogen-bond acceptors (Lipinski definition) is 5. The largest absolute Gasteiger partial charge is 0.503 e. The molecule has 2 N–H and O–H groups in total. The molecule has 2 rings (SSSR count). The molecule has 6 heteroatoms. The first-order chi connectivity index (χ1) is 9.60. The van der Waals surface area contributed by atoms with Crippen molar-refractivity contribution < 1.29 is 14.6 Å². The summed E-state index contributed by atoms with van der Waals surface area (Å²) in [5.41, 5.74) is 0.341. The molecule has 20 heavy (non-hydrogen) atoms. The summed E-state index contributed by atoms with van der Waals surface area (Å²) in [6.07, 6.45) is 2.99. The van der Waals surface area contributed by atoms with Crippen LogP contribution >= 0.6 is 0 Å². The summed E-state index contributed by atoms with van der Waals surface area (Å²) >= 11 is 0. The molecule has 0 spiro atoms. The number of nitrogens with zero attached hydrogens (tertiary/aromatic N) is 2. The van der Waals surface area contributed by atoms with Gasteiger partial charge in [-0.25, -0.2) is 0 Å². The van der Waals surface area contributed by atoms with Crippen molar-refractivity contribution in [1.29, 1.82) is 0 Å². The Kier molecular flexibility index (Phi) is 4.60. The quantitative estimate of drug-likeness (QED) is 0.810. The van der Waals surface area contributed by atoms with Gasteiger partial charge in [0.05, 0.1) is 25.6 Å². The lowest BCUT2D eigenvalue weighted by atomic mass is 10.3. The predicted molar refractivity (Wildman–Crippen MR) is 73.6 cm³/mol. The van der Waals surface area contributed by atoms with Gasteiger partial charge >= 0.3 is 0 Å². The van der Waals surface area contributed by atoms with Crippen molar-refractivity contribution in [3.63, 3.8) is 0 Å². The smallest absolute Gasteiger partial charge is 0.223 e. The Morgan fingerprint density at radius 2 is 2.25 bits per heavy atom. The number of aliphatic hydroxyl groups is 1. The van der Waals surface area contributed by atoms with Crippen molar-refractivity contribution in [3.8, 4) is 5.75 Å². The van der Waals surface area contributed by atoms with Crippen LogP contribution in [0.2, 0.25) is 0 Å². The van der Waals surface area contributed by atoms with Crippen LogP contribution in [0.5, 0.6) is 5.75 Å². The van der Waals surface area contributed by atoms with Gasteiger partial charge in [0.1, 0.15) is 5.76 Å². The van der Waals surface area contributed by atoms with Gasteiger partial charge in [0.2, 0.25) is 5.43 Å². The Balaban J connectivity index is 2.28. The summed E-state index contributed by atoms with van der Waals surface area (Å²) in [4.78, 5) is 13.5. The number of aromatic hydroxyl groups is 1. The molecule has 2 aromatic heterocycles. The van der Waals surface area contributed by atoms with Crippen molar-refractivity contribution in [2.24, 2.45) is 0 Å². The Morgan fingerprint density at radius 1 is 1.45 bits per heavy atom. The third-order valence-electron chi connectivity index (χ3n) is 3.02. The number of aliphatic hydroxyl groups excluding tert-OH is 1. The van der Waals surface area contributed by atoms with E-state index in [0.29, 0.717) is 19.6 Å². The fourth-order valence-electron chi connectivity index (χ4n) is 1.98. The highest BCUT2D eigenvalue weighted by Gasteiger charge is 2.09. The van der Waals surface area contributed by atoms with Gasteiger partial charge in [-0.1, -0.05) is 0 Å². The molecule has 0 aromatic carbocycles. The van der Waals surface area contributed by atoms with Crippen LogP contribution in [0.4, 0.5) is 0 Å². The minimum absolute atomic E-state index is 0.0526. The van der Waals surface area contributed by atoms with E-state index in [0.717, 1.165) is 11.5 Å². The predicted octanol–water partition coefficient (Wildman–Crippen LogP) is 0.619. The van der Waals surface area contributed by atoms with Crippen molar-refractivity contribution in [3.05, 3.63) is 52.3 Å². The normalized spacial score (nSPS) is 11.2. The van der Waals surface area contributed by atoms with Crippen LogP contribution in [0, 0.1) is 0 Å². The van der Waals surface area contributed by atoms with Gasteiger partial charge in [0, 0.05) is 24.8 Å². The molecule has 0 fully saturated rings. The number of likely N-dealkylation sites (N-methyl/N-ethyl adjacent to an activating group) is 1. The summed E-state index contributed by atoms with van der Waals surface area (Å²) in [7, 11) is 1.85. The number of pyridine rings is 1. The number of furan rings is 1. The molecular weight excluding hydrogens is 260 g/mol. The summed E-state index contributed by atoms with van der Waals surface area (Å²) in [5, 5.41) is 18.5. The first-order valence-electron chi connectivity index (χ1n) is 6.34. The second kappa shape index (κ2) is 6.40. The molecule has 2 aromatic rings. The van der Waals surface area contributed by atoms with Gasteiger partial charge in [-0.15, -0.1) is 0 Å². The van der Waals surface area contributed by atoms with Crippen LogP contribution in [-0.2, 0) is 13.1 Å². The lowest BCUT2D eigenvalue weighted by Crippen LogP contribution is -2.25. The lowest BCUT2D eigenvalue weighted by Gasteiger charge is -2.19. The highest BCUT2D eigenvalue weighted by Crippen LogP contribution is 2.11. The molecule has 108 valence electrons. The Morgan fingerprint density at radius 3 is 2.90 bits per heavy atom. The topological polar surface area (TPSA) is 78.8 Å². The zero-order valence-electron chi connectivity index (χ0n) is 11.3. The van der Waals surface area contributed by atoms with Crippen LogP contribution in [0.25, 0.3) is 0 Å². The summed E-state index contributed by atoms with van der Waals surface area (Å²) in [5.74, 6) is 0.448. The maximum atomic E-state index is 11.6. The minimum atomic E-state index is -0.409. The average molecular weight is 278 g/mol. The molecule has 0 saturated carbocycles. The summed E-state index contributed by atoms with van der Waals surface area (Å²) < 4.78 is 7.05. The van der Waals surface area contributed by atoms with E-state index in [1.54, 1.807) is 16.9 Å². The van der Waals surface area contributed by atoms with Gasteiger partial charge in [0.25, 0.3) is 0 Å². The van der Waals surface area contributed by atoms with Crippen LogP contribution < -0.4 is 5.43 Å². The van der Waals surface area contributed by atoms with Crippen LogP contribution in [0.15, 0.2) is 39.9 Å². The number of hydrogen-bond donors (Lipinski definition) is 2. The summed E-state index contributed by atoms with van der Waals surface area (Å²) in [6.45, 7) is 1.49. The van der Waals surface area contributed by atoms with E-state index in [4.69, 9.17) is 9.52 Å². The van der Waals surface area contributed by atoms with E-state index in [1.165, 1.54) is 12.3 Å². The van der Waals surface area contributed by atoms with Crippen molar-refractivity contribution >= 4 is 0 Å². The van der Waals surface area contributed by atoms with Crippen LogP contribution in [0.1, 0.15) is 11.5 Å². The molecule has 0 aliphatic heterocycles. The third-order valence-corrected chi connectivity index (χ3v) is 3.02. The molecule has 0 radical (unpaired) electrons. The van der Waals surface area contributed by atoms with Crippen molar-refractivity contribution in [2.75, 3.05) is 20.2 Å². The Bertz CT molecular complexity index is 604. The van der Waals surface area contributed by atoms with Crippen molar-refractivity contribution in [2.45, 2.75) is 13.1 Å². The fraction of sp³-hybridized carbons (Fsp3) is 0.357. The van der Waals surface area contributed by atoms with E-state index >= 15 is 0 Å². The zero-order chi connectivity index (χ0) is 14.5. The van der Waals surface area contributed by atoms with Gasteiger partial charge < -0.3 is 19.2 Å². The Hall–Kier alpha value is -2.05. The summed E-state index contributed by atoms with van der Waals surface area (Å²) in [6, 6.07) is 5.03. The molecule has 0 atom stereocenters. The van der Waals surface area contributed by atoms with E-state index in [2.05, 4.69) is 0 Å². The molecule has 0 aliphatic rings. The molecule has 0 unspecified atom stereocenters. The van der Waals surface area contributed by atoms with Gasteiger partial charge in [-0.05, 0) is 19.2 Å². The second-order valence-corrected chi connectivity index (χ2v) is 4.68. The monoisotopic (exact) mass is 278 g/mol. The number of aromatic nitrogens is 1. The van der Waals surface area contributed by atoms with Crippen LogP contribution in [0.3, 0.4) is 0 Å². The molecule has 2 heterocycles.